The van der Waals surface area contributed by atoms with Gasteiger partial charge in [-0.1, -0.05) is 13.8 Å². The van der Waals surface area contributed by atoms with Crippen molar-refractivity contribution in [2.24, 2.45) is 7.05 Å². The Kier molecular flexibility index (Phi) is 3.18. The Labute approximate surface area is 105 Å². The summed E-state index contributed by atoms with van der Waals surface area (Å²) < 4.78 is 3.04. The zero-order chi connectivity index (χ0) is 13.3. The number of rotatable bonds is 3. The molecule has 0 aliphatic heterocycles. The van der Waals surface area contributed by atoms with E-state index in [0.717, 1.165) is 17.8 Å². The van der Waals surface area contributed by atoms with Gasteiger partial charge in [-0.2, -0.15) is 5.10 Å². The van der Waals surface area contributed by atoms with Crippen molar-refractivity contribution >= 4 is 5.69 Å². The number of aromatic nitrogens is 4. The molecule has 6 nitrogen and oxygen atoms in total. The largest absolute Gasteiger partial charge is 0.396 e. The van der Waals surface area contributed by atoms with Gasteiger partial charge in [0.15, 0.2) is 0 Å². The quantitative estimate of drug-likeness (QED) is 0.864. The number of nitrogens with zero attached hydrogens (tertiary/aromatic N) is 4. The van der Waals surface area contributed by atoms with Crippen molar-refractivity contribution in [1.82, 2.24) is 19.3 Å². The fourth-order valence-corrected chi connectivity index (χ4v) is 1.92. The van der Waals surface area contributed by atoms with Gasteiger partial charge in [-0.05, 0) is 12.8 Å². The minimum absolute atomic E-state index is 0.183. The second-order valence-corrected chi connectivity index (χ2v) is 4.09. The Morgan fingerprint density at radius 3 is 2.67 bits per heavy atom. The van der Waals surface area contributed by atoms with Crippen molar-refractivity contribution in [3.8, 4) is 5.82 Å². The summed E-state index contributed by atoms with van der Waals surface area (Å²) in [5.41, 5.74) is 8.15. The van der Waals surface area contributed by atoms with Crippen LogP contribution in [0.25, 0.3) is 5.82 Å². The van der Waals surface area contributed by atoms with Crippen LogP contribution in [0.15, 0.2) is 17.2 Å². The van der Waals surface area contributed by atoms with Gasteiger partial charge in [0.2, 0.25) is 5.82 Å². The van der Waals surface area contributed by atoms with E-state index in [4.69, 9.17) is 5.73 Å². The van der Waals surface area contributed by atoms with Gasteiger partial charge >= 0.3 is 0 Å². The van der Waals surface area contributed by atoms with Gasteiger partial charge in [0, 0.05) is 19.4 Å². The normalized spacial score (nSPS) is 10.8. The summed E-state index contributed by atoms with van der Waals surface area (Å²) in [6, 6.07) is 0. The lowest BCUT2D eigenvalue weighted by atomic mass is 10.2. The van der Waals surface area contributed by atoms with Crippen LogP contribution in [0.4, 0.5) is 5.69 Å². The molecule has 6 heteroatoms. The maximum Gasteiger partial charge on any atom is 0.295 e. The fraction of sp³-hybridized carbons (Fsp3) is 0.417. The summed E-state index contributed by atoms with van der Waals surface area (Å²) in [5.74, 6) is 0.295. The van der Waals surface area contributed by atoms with Crippen LogP contribution in [0.5, 0.6) is 0 Å². The number of aryl methyl sites for hydroxylation is 2. The predicted molar refractivity (Wildman–Crippen MR) is 69.8 cm³/mol. The summed E-state index contributed by atoms with van der Waals surface area (Å²) in [6.07, 6.45) is 4.64. The molecule has 2 rings (SSSR count). The van der Waals surface area contributed by atoms with Crippen molar-refractivity contribution < 1.29 is 0 Å². The number of nitrogen functional groups attached to an aromatic ring is 1. The smallest absolute Gasteiger partial charge is 0.295 e. The molecule has 18 heavy (non-hydrogen) atoms. The van der Waals surface area contributed by atoms with Crippen LogP contribution in [-0.2, 0) is 19.9 Å². The van der Waals surface area contributed by atoms with Crippen molar-refractivity contribution in [2.45, 2.75) is 26.7 Å². The summed E-state index contributed by atoms with van der Waals surface area (Å²) >= 11 is 0. The molecule has 0 atom stereocenters. The number of nitrogens with two attached hydrogens (primary N) is 1. The maximum atomic E-state index is 12.0. The van der Waals surface area contributed by atoms with E-state index in [1.807, 2.05) is 13.8 Å². The fourth-order valence-electron chi connectivity index (χ4n) is 1.92. The van der Waals surface area contributed by atoms with E-state index in [1.54, 1.807) is 24.1 Å². The molecule has 2 N–H and O–H groups in total. The first kappa shape index (κ1) is 12.3. The molecule has 2 heterocycles. The van der Waals surface area contributed by atoms with Crippen LogP contribution in [0, 0.1) is 0 Å². The highest BCUT2D eigenvalue weighted by Crippen LogP contribution is 2.19. The Morgan fingerprint density at radius 2 is 2.06 bits per heavy atom. The number of anilines is 1. The molecule has 0 saturated carbocycles. The molecule has 0 amide bonds. The standard InChI is InChI=1S/C12H17N5O/c1-4-8-10(13)9(5-2)17(15-8)11-12(18)16(3)7-6-14-11/h6-7H,4-5,13H2,1-3H3. The molecule has 2 aromatic heterocycles. The Morgan fingerprint density at radius 1 is 1.33 bits per heavy atom. The zero-order valence-electron chi connectivity index (χ0n) is 10.8. The highest BCUT2D eigenvalue weighted by Gasteiger charge is 2.17. The van der Waals surface area contributed by atoms with Crippen LogP contribution in [0.2, 0.25) is 0 Å². The van der Waals surface area contributed by atoms with Crippen molar-refractivity contribution in [3.05, 3.63) is 34.1 Å². The van der Waals surface area contributed by atoms with E-state index in [2.05, 4.69) is 10.1 Å². The average Bonchev–Trinajstić information content (AvgIpc) is 2.69. The third-order valence-electron chi connectivity index (χ3n) is 2.97. The third-order valence-corrected chi connectivity index (χ3v) is 2.97. The molecule has 0 bridgehead atoms. The van der Waals surface area contributed by atoms with Crippen LogP contribution in [0.1, 0.15) is 25.2 Å². The van der Waals surface area contributed by atoms with E-state index in [1.165, 1.54) is 4.57 Å². The van der Waals surface area contributed by atoms with Gasteiger partial charge in [-0.25, -0.2) is 9.67 Å². The Hall–Kier alpha value is -2.11. The summed E-state index contributed by atoms with van der Waals surface area (Å²) in [5, 5.41) is 4.39. The van der Waals surface area contributed by atoms with Crippen LogP contribution in [0.3, 0.4) is 0 Å². The molecule has 0 unspecified atom stereocenters. The molecule has 0 fully saturated rings. The lowest BCUT2D eigenvalue weighted by Crippen LogP contribution is -2.24. The molecule has 2 aromatic rings. The minimum atomic E-state index is -0.183. The van der Waals surface area contributed by atoms with Crippen LogP contribution < -0.4 is 11.3 Å². The number of hydrogen-bond acceptors (Lipinski definition) is 4. The van der Waals surface area contributed by atoms with E-state index < -0.39 is 0 Å². The first-order valence-corrected chi connectivity index (χ1v) is 5.98. The topological polar surface area (TPSA) is 78.7 Å². The molecule has 96 valence electrons. The molecular formula is C12H17N5O. The molecule has 0 radical (unpaired) electrons. The lowest BCUT2D eigenvalue weighted by Gasteiger charge is -2.05. The van der Waals surface area contributed by atoms with Gasteiger partial charge in [0.25, 0.3) is 5.56 Å². The molecule has 0 aliphatic carbocycles. The van der Waals surface area contributed by atoms with Gasteiger partial charge in [-0.3, -0.25) is 4.79 Å². The molecule has 0 aromatic carbocycles. The monoisotopic (exact) mass is 247 g/mol. The van der Waals surface area contributed by atoms with Crippen LogP contribution >= 0.6 is 0 Å². The first-order valence-electron chi connectivity index (χ1n) is 5.98. The Balaban J connectivity index is 2.71. The summed E-state index contributed by atoms with van der Waals surface area (Å²) in [7, 11) is 1.69. The number of hydrogen-bond donors (Lipinski definition) is 1. The van der Waals surface area contributed by atoms with E-state index >= 15 is 0 Å². The van der Waals surface area contributed by atoms with Gasteiger partial charge in [0.05, 0.1) is 17.1 Å². The van der Waals surface area contributed by atoms with Gasteiger partial charge in [0.1, 0.15) is 0 Å². The minimum Gasteiger partial charge on any atom is -0.396 e. The Bertz CT molecular complexity index is 626. The predicted octanol–water partition coefficient (Wildman–Crippen LogP) is 0.673. The third kappa shape index (κ3) is 1.79. The maximum absolute atomic E-state index is 12.0. The van der Waals surface area contributed by atoms with E-state index in [9.17, 15) is 4.79 Å². The molecule has 0 aliphatic rings. The van der Waals surface area contributed by atoms with E-state index in [0.29, 0.717) is 17.9 Å². The van der Waals surface area contributed by atoms with Gasteiger partial charge in [-0.15, -0.1) is 0 Å². The second kappa shape index (κ2) is 4.64. The summed E-state index contributed by atoms with van der Waals surface area (Å²) in [4.78, 5) is 16.2. The highest BCUT2D eigenvalue weighted by molar-refractivity contribution is 5.50. The van der Waals surface area contributed by atoms with Crippen molar-refractivity contribution in [3.63, 3.8) is 0 Å². The summed E-state index contributed by atoms with van der Waals surface area (Å²) in [6.45, 7) is 3.97. The van der Waals surface area contributed by atoms with Crippen molar-refractivity contribution in [1.29, 1.82) is 0 Å². The van der Waals surface area contributed by atoms with Crippen LogP contribution in [-0.4, -0.2) is 19.3 Å². The zero-order valence-corrected chi connectivity index (χ0v) is 10.8. The molecule has 0 spiro atoms. The van der Waals surface area contributed by atoms with Crippen molar-refractivity contribution in [2.75, 3.05) is 5.73 Å². The van der Waals surface area contributed by atoms with Gasteiger partial charge < -0.3 is 10.3 Å². The second-order valence-electron chi connectivity index (χ2n) is 4.09. The average molecular weight is 247 g/mol. The molecule has 0 saturated heterocycles. The highest BCUT2D eigenvalue weighted by atomic mass is 16.1. The first-order chi connectivity index (χ1) is 8.60. The SMILES string of the molecule is CCc1nn(-c2nccn(C)c2=O)c(CC)c1N. The molecular weight excluding hydrogens is 230 g/mol. The lowest BCUT2D eigenvalue weighted by molar-refractivity contribution is 0.729. The van der Waals surface area contributed by atoms with E-state index in [-0.39, 0.29) is 5.56 Å².